The summed E-state index contributed by atoms with van der Waals surface area (Å²) in [5.41, 5.74) is -1.03. The summed E-state index contributed by atoms with van der Waals surface area (Å²) >= 11 is 0. The van der Waals surface area contributed by atoms with Crippen LogP contribution in [0.2, 0.25) is 0 Å². The summed E-state index contributed by atoms with van der Waals surface area (Å²) in [5, 5.41) is 2.70. The van der Waals surface area contributed by atoms with Crippen LogP contribution in [0, 0.1) is 11.8 Å². The van der Waals surface area contributed by atoms with Crippen molar-refractivity contribution >= 4 is 23.8 Å². The Morgan fingerprint density at radius 1 is 1.26 bits per heavy atom. The number of urea groups is 1. The third-order valence-electron chi connectivity index (χ3n) is 6.61. The Labute approximate surface area is 178 Å². The largest absolute Gasteiger partial charge is 0.454 e. The maximum Gasteiger partial charge on any atom is 0.406 e. The molecular formula is C20H28F3N3O5. The van der Waals surface area contributed by atoms with Crippen molar-refractivity contribution in [3.8, 4) is 0 Å². The van der Waals surface area contributed by atoms with E-state index in [4.69, 9.17) is 4.74 Å². The van der Waals surface area contributed by atoms with Gasteiger partial charge in [-0.15, -0.1) is 0 Å². The lowest BCUT2D eigenvalue weighted by Gasteiger charge is -2.36. The van der Waals surface area contributed by atoms with Crippen LogP contribution >= 0.6 is 0 Å². The minimum atomic E-state index is -4.58. The first kappa shape index (κ1) is 23.3. The Kier molecular flexibility index (Phi) is 6.52. The summed E-state index contributed by atoms with van der Waals surface area (Å²) in [6, 6.07) is -1.32. The van der Waals surface area contributed by atoms with Crippen LogP contribution in [-0.4, -0.2) is 71.1 Å². The van der Waals surface area contributed by atoms with Crippen LogP contribution < -0.4 is 5.32 Å². The van der Waals surface area contributed by atoms with E-state index in [1.807, 2.05) is 6.92 Å². The fourth-order valence-electron chi connectivity index (χ4n) is 4.52. The molecule has 174 valence electrons. The van der Waals surface area contributed by atoms with E-state index in [1.54, 1.807) is 6.92 Å². The number of carbonyl (C=O) groups is 4. The number of imide groups is 1. The molecule has 3 aliphatic rings. The van der Waals surface area contributed by atoms with Gasteiger partial charge in [0.2, 0.25) is 0 Å². The van der Waals surface area contributed by atoms with Crippen molar-refractivity contribution in [2.45, 2.75) is 70.1 Å². The van der Waals surface area contributed by atoms with E-state index in [0.29, 0.717) is 11.3 Å². The third kappa shape index (κ3) is 5.12. The van der Waals surface area contributed by atoms with Crippen molar-refractivity contribution in [3.05, 3.63) is 0 Å². The predicted molar refractivity (Wildman–Crippen MR) is 102 cm³/mol. The number of ether oxygens (including phenoxy) is 1. The number of carbonyl (C=O) groups excluding carboxylic acids is 4. The maximum absolute atomic E-state index is 12.9. The summed E-state index contributed by atoms with van der Waals surface area (Å²) in [6.45, 7) is 0.421. The van der Waals surface area contributed by atoms with Crippen molar-refractivity contribution in [2.75, 3.05) is 19.7 Å². The molecule has 4 amide bonds. The second-order valence-corrected chi connectivity index (χ2v) is 8.82. The molecule has 0 aromatic carbocycles. The van der Waals surface area contributed by atoms with Crippen LogP contribution in [0.1, 0.15) is 52.4 Å². The Balaban J connectivity index is 1.57. The van der Waals surface area contributed by atoms with E-state index in [2.05, 4.69) is 5.32 Å². The lowest BCUT2D eigenvalue weighted by atomic mass is 9.73. The van der Waals surface area contributed by atoms with Crippen LogP contribution in [-0.2, 0) is 19.1 Å². The molecule has 3 fully saturated rings. The van der Waals surface area contributed by atoms with Crippen molar-refractivity contribution in [3.63, 3.8) is 0 Å². The molecule has 8 nitrogen and oxygen atoms in total. The average Bonchev–Trinajstić information content (AvgIpc) is 3.50. The number of hydrogen-bond donors (Lipinski definition) is 1. The first-order valence-corrected chi connectivity index (χ1v) is 10.6. The maximum atomic E-state index is 12.9. The van der Waals surface area contributed by atoms with Crippen molar-refractivity contribution in [1.82, 2.24) is 15.1 Å². The Morgan fingerprint density at radius 2 is 1.94 bits per heavy atom. The molecule has 0 radical (unpaired) electrons. The van der Waals surface area contributed by atoms with Crippen molar-refractivity contribution < 1.29 is 37.1 Å². The SMILES string of the molecule is C[C@H](C1CC1)N(CC(F)(F)F)C(=O)COC(=O)CN1C(=O)N[C@@]2(CCCC[C@H]2C)C1=O. The van der Waals surface area contributed by atoms with Gasteiger partial charge >= 0.3 is 18.2 Å². The molecule has 0 aromatic rings. The predicted octanol–water partition coefficient (Wildman–Crippen LogP) is 2.22. The van der Waals surface area contributed by atoms with Crippen LogP contribution in [0.4, 0.5) is 18.0 Å². The van der Waals surface area contributed by atoms with Gasteiger partial charge in [-0.3, -0.25) is 19.3 Å². The molecule has 0 unspecified atom stereocenters. The lowest BCUT2D eigenvalue weighted by Crippen LogP contribution is -2.54. The molecule has 31 heavy (non-hydrogen) atoms. The standard InChI is InChI=1S/C20H28F3N3O5/c1-12-5-3-4-8-19(12)17(29)25(18(30)24-19)9-16(28)31-10-15(27)26(11-20(21,22)23)13(2)14-6-7-14/h12-14H,3-11H2,1-2H3,(H,24,30)/t12-,13-,19-/m1/s1. The number of nitrogens with one attached hydrogen (secondary N) is 1. The molecule has 0 bridgehead atoms. The molecule has 0 aromatic heterocycles. The summed E-state index contributed by atoms with van der Waals surface area (Å²) in [4.78, 5) is 51.1. The Morgan fingerprint density at radius 3 is 2.52 bits per heavy atom. The van der Waals surface area contributed by atoms with Crippen molar-refractivity contribution in [2.24, 2.45) is 11.8 Å². The number of rotatable bonds is 7. The van der Waals surface area contributed by atoms with E-state index in [0.717, 1.165) is 37.0 Å². The Bertz CT molecular complexity index is 755. The molecule has 11 heteroatoms. The molecular weight excluding hydrogens is 419 g/mol. The monoisotopic (exact) mass is 447 g/mol. The molecule has 3 atom stereocenters. The zero-order chi connectivity index (χ0) is 23.0. The van der Waals surface area contributed by atoms with E-state index in [-0.39, 0.29) is 11.8 Å². The minimum absolute atomic E-state index is 0.00147. The summed E-state index contributed by atoms with van der Waals surface area (Å²) < 4.78 is 43.5. The van der Waals surface area contributed by atoms with Crippen LogP contribution in [0.5, 0.6) is 0 Å². The molecule has 1 aliphatic heterocycles. The number of esters is 1. The molecule has 2 saturated carbocycles. The van der Waals surface area contributed by atoms with Crippen LogP contribution in [0.3, 0.4) is 0 Å². The zero-order valence-corrected chi connectivity index (χ0v) is 17.7. The first-order valence-electron chi connectivity index (χ1n) is 10.6. The van der Waals surface area contributed by atoms with Gasteiger partial charge in [-0.1, -0.05) is 19.8 Å². The van der Waals surface area contributed by atoms with E-state index >= 15 is 0 Å². The van der Waals surface area contributed by atoms with E-state index in [1.165, 1.54) is 0 Å². The number of nitrogens with zero attached hydrogens (tertiary/aromatic N) is 2. The van der Waals surface area contributed by atoms with E-state index in [9.17, 15) is 32.3 Å². The molecule has 3 rings (SSSR count). The Hall–Kier alpha value is -2.33. The highest BCUT2D eigenvalue weighted by Gasteiger charge is 2.55. The van der Waals surface area contributed by atoms with Gasteiger partial charge in [0.15, 0.2) is 6.61 Å². The van der Waals surface area contributed by atoms with Gasteiger partial charge in [-0.05, 0) is 44.4 Å². The highest BCUT2D eigenvalue weighted by molar-refractivity contribution is 6.09. The van der Waals surface area contributed by atoms with Gasteiger partial charge in [0.25, 0.3) is 11.8 Å². The van der Waals surface area contributed by atoms with Gasteiger partial charge in [0.1, 0.15) is 18.6 Å². The third-order valence-corrected chi connectivity index (χ3v) is 6.61. The summed E-state index contributed by atoms with van der Waals surface area (Å²) in [6.07, 6.45) is -0.111. The smallest absolute Gasteiger partial charge is 0.406 e. The van der Waals surface area contributed by atoms with Crippen LogP contribution in [0.15, 0.2) is 0 Å². The van der Waals surface area contributed by atoms with Gasteiger partial charge in [0, 0.05) is 6.04 Å². The zero-order valence-electron chi connectivity index (χ0n) is 17.7. The molecule has 1 heterocycles. The van der Waals surface area contributed by atoms with Crippen LogP contribution in [0.25, 0.3) is 0 Å². The second kappa shape index (κ2) is 8.66. The number of halogens is 3. The molecule has 2 aliphatic carbocycles. The highest BCUT2D eigenvalue weighted by Crippen LogP contribution is 2.38. The fourth-order valence-corrected chi connectivity index (χ4v) is 4.52. The molecule has 1 spiro atoms. The second-order valence-electron chi connectivity index (χ2n) is 8.82. The van der Waals surface area contributed by atoms with E-state index < -0.39 is 61.3 Å². The first-order chi connectivity index (χ1) is 14.4. The van der Waals surface area contributed by atoms with Gasteiger partial charge in [0.05, 0.1) is 0 Å². The number of hydrogen-bond acceptors (Lipinski definition) is 5. The van der Waals surface area contributed by atoms with Gasteiger partial charge in [-0.25, -0.2) is 4.79 Å². The van der Waals surface area contributed by atoms with Crippen molar-refractivity contribution in [1.29, 1.82) is 0 Å². The molecule has 1 N–H and O–H groups in total. The molecule has 1 saturated heterocycles. The topological polar surface area (TPSA) is 96.0 Å². The number of alkyl halides is 3. The minimum Gasteiger partial charge on any atom is -0.454 e. The quantitative estimate of drug-likeness (QED) is 0.477. The highest BCUT2D eigenvalue weighted by atomic mass is 19.4. The number of amides is 4. The normalized spacial score (nSPS) is 27.3. The lowest BCUT2D eigenvalue weighted by molar-refractivity contribution is -0.171. The summed E-state index contributed by atoms with van der Waals surface area (Å²) in [5.74, 6) is -2.57. The summed E-state index contributed by atoms with van der Waals surface area (Å²) in [7, 11) is 0. The average molecular weight is 447 g/mol. The van der Waals surface area contributed by atoms with Gasteiger partial charge in [-0.2, -0.15) is 13.2 Å². The fraction of sp³-hybridized carbons (Fsp3) is 0.800. The van der Waals surface area contributed by atoms with Gasteiger partial charge < -0.3 is 15.0 Å².